The number of aliphatic carboxylic acids is 1. The summed E-state index contributed by atoms with van der Waals surface area (Å²) >= 11 is 0. The monoisotopic (exact) mass is 443 g/mol. The first kappa shape index (κ1) is 22.1. The average Bonchev–Trinajstić information content (AvgIpc) is 2.82. The van der Waals surface area contributed by atoms with Crippen molar-refractivity contribution in [2.75, 3.05) is 7.11 Å². The number of hydrogen-bond acceptors (Lipinski definition) is 4. The molecule has 1 aliphatic carbocycles. The number of allylic oxidation sites excluding steroid dienone is 2. The number of nitrogens with zero attached hydrogens (tertiary/aromatic N) is 1. The lowest BCUT2D eigenvalue weighted by Crippen LogP contribution is -2.55. The number of aromatic nitrogens is 1. The molecule has 7 heteroatoms. The van der Waals surface area contributed by atoms with Crippen molar-refractivity contribution >= 4 is 22.8 Å². The third kappa shape index (κ3) is 4.57. The summed E-state index contributed by atoms with van der Waals surface area (Å²) in [5.74, 6) is -1.07. The van der Waals surface area contributed by atoms with Crippen LogP contribution in [0.5, 0.6) is 5.75 Å². The number of carboxylic acids is 1. The van der Waals surface area contributed by atoms with E-state index in [2.05, 4.69) is 15.6 Å². The summed E-state index contributed by atoms with van der Waals surface area (Å²) in [7, 11) is 1.64. The molecule has 2 amide bonds. The minimum atomic E-state index is -1.02. The molecule has 7 nitrogen and oxygen atoms in total. The first-order chi connectivity index (χ1) is 15.9. The highest BCUT2D eigenvalue weighted by atomic mass is 16.5. The Labute approximate surface area is 191 Å². The number of carbonyl (C=O) groups is 2. The van der Waals surface area contributed by atoms with Crippen LogP contribution in [0, 0.1) is 5.92 Å². The molecule has 33 heavy (non-hydrogen) atoms. The largest absolute Gasteiger partial charge is 0.497 e. The van der Waals surface area contributed by atoms with E-state index in [-0.39, 0.29) is 6.54 Å². The van der Waals surface area contributed by atoms with Gasteiger partial charge in [0.05, 0.1) is 12.6 Å². The molecule has 168 valence electrons. The minimum Gasteiger partial charge on any atom is -0.497 e. The van der Waals surface area contributed by atoms with Crippen LogP contribution in [0.2, 0.25) is 0 Å². The van der Waals surface area contributed by atoms with E-state index in [1.54, 1.807) is 50.7 Å². The summed E-state index contributed by atoms with van der Waals surface area (Å²) in [6.07, 6.45) is 10.2. The Morgan fingerprint density at radius 3 is 2.79 bits per heavy atom. The Morgan fingerprint density at radius 1 is 1.15 bits per heavy atom. The van der Waals surface area contributed by atoms with Gasteiger partial charge in [-0.05, 0) is 47.2 Å². The van der Waals surface area contributed by atoms with Crippen molar-refractivity contribution in [3.8, 4) is 16.9 Å². The first-order valence-electron chi connectivity index (χ1n) is 10.6. The highest BCUT2D eigenvalue weighted by Gasteiger charge is 2.38. The lowest BCUT2D eigenvalue weighted by molar-refractivity contribution is -0.141. The maximum Gasteiger partial charge on any atom is 0.315 e. The van der Waals surface area contributed by atoms with Crippen molar-refractivity contribution in [2.24, 2.45) is 5.92 Å². The van der Waals surface area contributed by atoms with Gasteiger partial charge in [0, 0.05) is 24.3 Å². The van der Waals surface area contributed by atoms with Crippen LogP contribution >= 0.6 is 0 Å². The van der Waals surface area contributed by atoms with Gasteiger partial charge in [0.1, 0.15) is 11.7 Å². The fourth-order valence-corrected chi connectivity index (χ4v) is 4.10. The number of rotatable bonds is 6. The van der Waals surface area contributed by atoms with Crippen LogP contribution in [0.15, 0.2) is 79.2 Å². The molecule has 4 rings (SSSR count). The molecule has 3 aromatic rings. The molecule has 0 bridgehead atoms. The van der Waals surface area contributed by atoms with Gasteiger partial charge in [0.15, 0.2) is 0 Å². The van der Waals surface area contributed by atoms with Gasteiger partial charge in [-0.25, -0.2) is 4.79 Å². The molecule has 0 saturated heterocycles. The predicted molar refractivity (Wildman–Crippen MR) is 127 cm³/mol. The standard InChI is InChI=1S/C26H25N3O4/c1-26(12-4-3-8-23(26)24(30)31)29-25(32)28-15-18-9-10-20(21-11-13-27-16-22(18)21)17-6-5-7-19(14-17)33-2/h3-14,16,23H,15H2,1-2H3,(H,30,31)(H2,28,29,32). The van der Waals surface area contributed by atoms with Crippen molar-refractivity contribution in [3.05, 3.63) is 84.7 Å². The molecule has 2 aromatic carbocycles. The molecule has 2 atom stereocenters. The molecular formula is C26H25N3O4. The van der Waals surface area contributed by atoms with E-state index in [4.69, 9.17) is 4.74 Å². The van der Waals surface area contributed by atoms with Crippen LogP contribution in [0.1, 0.15) is 12.5 Å². The van der Waals surface area contributed by atoms with E-state index in [0.717, 1.165) is 33.2 Å². The van der Waals surface area contributed by atoms with Crippen LogP contribution < -0.4 is 15.4 Å². The molecule has 2 unspecified atom stereocenters. The summed E-state index contributed by atoms with van der Waals surface area (Å²) < 4.78 is 5.36. The third-order valence-corrected chi connectivity index (χ3v) is 5.88. The molecule has 1 aromatic heterocycles. The van der Waals surface area contributed by atoms with Gasteiger partial charge >= 0.3 is 12.0 Å². The molecule has 0 fully saturated rings. The Bertz CT molecular complexity index is 1270. The maximum atomic E-state index is 12.7. The molecule has 0 saturated carbocycles. The number of benzene rings is 2. The quantitative estimate of drug-likeness (QED) is 0.528. The van der Waals surface area contributed by atoms with Gasteiger partial charge in [-0.15, -0.1) is 0 Å². The Balaban J connectivity index is 1.55. The van der Waals surface area contributed by atoms with Gasteiger partial charge in [0.25, 0.3) is 0 Å². The number of carbonyl (C=O) groups excluding carboxylic acids is 1. The smallest absolute Gasteiger partial charge is 0.315 e. The fourth-order valence-electron chi connectivity index (χ4n) is 4.10. The SMILES string of the molecule is COc1cccc(-c2ccc(CNC(=O)NC3(C)C=CC=CC3C(=O)O)c3cnccc23)c1. The number of urea groups is 1. The van der Waals surface area contributed by atoms with E-state index in [1.807, 2.05) is 42.5 Å². The van der Waals surface area contributed by atoms with Crippen LogP contribution in [-0.4, -0.2) is 34.7 Å². The summed E-state index contributed by atoms with van der Waals surface area (Å²) in [4.78, 5) is 28.5. The van der Waals surface area contributed by atoms with Crippen LogP contribution in [0.25, 0.3) is 21.9 Å². The van der Waals surface area contributed by atoms with Gasteiger partial charge in [-0.1, -0.05) is 48.6 Å². The van der Waals surface area contributed by atoms with Gasteiger partial charge in [0.2, 0.25) is 0 Å². The van der Waals surface area contributed by atoms with E-state index in [0.29, 0.717) is 0 Å². The zero-order chi connectivity index (χ0) is 23.4. The second-order valence-electron chi connectivity index (χ2n) is 8.08. The molecular weight excluding hydrogens is 418 g/mol. The molecule has 3 N–H and O–H groups in total. The van der Waals surface area contributed by atoms with E-state index in [9.17, 15) is 14.7 Å². The van der Waals surface area contributed by atoms with Crippen LogP contribution in [0.4, 0.5) is 4.79 Å². The number of fused-ring (bicyclic) bond motifs is 1. The molecule has 1 heterocycles. The number of methoxy groups -OCH3 is 1. The summed E-state index contributed by atoms with van der Waals surface area (Å²) in [5.41, 5.74) is 1.94. The lowest BCUT2D eigenvalue weighted by atomic mass is 9.82. The molecule has 1 aliphatic rings. The Morgan fingerprint density at radius 2 is 2.00 bits per heavy atom. The highest BCUT2D eigenvalue weighted by molar-refractivity contribution is 5.98. The topological polar surface area (TPSA) is 101 Å². The minimum absolute atomic E-state index is 0.264. The number of nitrogens with one attached hydrogen (secondary N) is 2. The number of ether oxygens (including phenoxy) is 1. The van der Waals surface area contributed by atoms with Crippen LogP contribution in [0.3, 0.4) is 0 Å². The van der Waals surface area contributed by atoms with Crippen molar-refractivity contribution in [1.29, 1.82) is 0 Å². The lowest BCUT2D eigenvalue weighted by Gasteiger charge is -2.33. The Kier molecular flexibility index (Phi) is 6.13. The molecule has 0 radical (unpaired) electrons. The van der Waals surface area contributed by atoms with Gasteiger partial charge in [-0.3, -0.25) is 9.78 Å². The average molecular weight is 444 g/mol. The van der Waals surface area contributed by atoms with Crippen LogP contribution in [-0.2, 0) is 11.3 Å². The maximum absolute atomic E-state index is 12.7. The van der Waals surface area contributed by atoms with E-state index in [1.165, 1.54) is 0 Å². The summed E-state index contributed by atoms with van der Waals surface area (Å²) in [6.45, 7) is 1.95. The van der Waals surface area contributed by atoms with Crippen molar-refractivity contribution in [2.45, 2.75) is 19.0 Å². The number of hydrogen-bond donors (Lipinski definition) is 3. The Hall–Kier alpha value is -4.13. The number of carboxylic acid groups (broad SMARTS) is 1. The van der Waals surface area contributed by atoms with Crippen molar-refractivity contribution in [3.63, 3.8) is 0 Å². The molecule has 0 aliphatic heterocycles. The van der Waals surface area contributed by atoms with Crippen molar-refractivity contribution in [1.82, 2.24) is 15.6 Å². The first-order valence-corrected chi connectivity index (χ1v) is 10.6. The summed E-state index contributed by atoms with van der Waals surface area (Å²) in [6, 6.07) is 13.3. The van der Waals surface area contributed by atoms with Gasteiger partial charge in [-0.2, -0.15) is 0 Å². The third-order valence-electron chi connectivity index (χ3n) is 5.88. The normalized spacial score (nSPS) is 19.3. The van der Waals surface area contributed by atoms with Gasteiger partial charge < -0.3 is 20.5 Å². The number of pyridine rings is 1. The van der Waals surface area contributed by atoms with Crippen molar-refractivity contribution < 1.29 is 19.4 Å². The second-order valence-corrected chi connectivity index (χ2v) is 8.08. The van der Waals surface area contributed by atoms with E-state index < -0.39 is 23.5 Å². The number of amides is 2. The second kappa shape index (κ2) is 9.16. The molecule has 0 spiro atoms. The highest BCUT2D eigenvalue weighted by Crippen LogP contribution is 2.32. The summed E-state index contributed by atoms with van der Waals surface area (Å²) in [5, 5.41) is 17.1. The zero-order valence-electron chi connectivity index (χ0n) is 18.4. The van der Waals surface area contributed by atoms with E-state index >= 15 is 0 Å². The fraction of sp³-hybridized carbons (Fsp3) is 0.192. The predicted octanol–water partition coefficient (Wildman–Crippen LogP) is 4.30. The zero-order valence-corrected chi connectivity index (χ0v) is 18.4.